The standard InChI is InChI=1S/C28H36FNO3/c1-5-6-7-11-21-18-25(31)24(17-12-20(4)10-8-9-19(2)3)27(32)26(21)28(33)30-23-15-13-22(29)14-16-23/h9,12-16,18,31-32H,5-8,10-11,17H2,1-4H3,(H,30,33)/b20-12+. The van der Waals surface area contributed by atoms with Crippen molar-refractivity contribution in [2.24, 2.45) is 0 Å². The first-order valence-corrected chi connectivity index (χ1v) is 11.7. The maximum Gasteiger partial charge on any atom is 0.259 e. The van der Waals surface area contributed by atoms with Crippen molar-refractivity contribution in [1.82, 2.24) is 0 Å². The Morgan fingerprint density at radius 2 is 1.76 bits per heavy atom. The number of phenolic OH excluding ortho intramolecular Hbond substituents is 2. The molecular formula is C28H36FNO3. The van der Waals surface area contributed by atoms with E-state index in [4.69, 9.17) is 0 Å². The highest BCUT2D eigenvalue weighted by atomic mass is 19.1. The predicted octanol–water partition coefficient (Wildman–Crippen LogP) is 7.46. The summed E-state index contributed by atoms with van der Waals surface area (Å²) in [6.07, 6.45) is 9.71. The molecule has 0 spiro atoms. The van der Waals surface area contributed by atoms with Crippen LogP contribution in [0.15, 0.2) is 53.6 Å². The Hall–Kier alpha value is -3.08. The van der Waals surface area contributed by atoms with E-state index in [1.165, 1.54) is 29.8 Å². The van der Waals surface area contributed by atoms with E-state index in [-0.39, 0.29) is 17.1 Å². The van der Waals surface area contributed by atoms with Crippen LogP contribution in [0.2, 0.25) is 0 Å². The van der Waals surface area contributed by atoms with Crippen molar-refractivity contribution in [3.05, 3.63) is 76.1 Å². The van der Waals surface area contributed by atoms with Gasteiger partial charge in [-0.2, -0.15) is 0 Å². The topological polar surface area (TPSA) is 69.6 Å². The fourth-order valence-electron chi connectivity index (χ4n) is 3.66. The van der Waals surface area contributed by atoms with E-state index in [1.807, 2.05) is 13.0 Å². The second-order valence-corrected chi connectivity index (χ2v) is 8.75. The minimum Gasteiger partial charge on any atom is -0.508 e. The van der Waals surface area contributed by atoms with Crippen LogP contribution < -0.4 is 5.32 Å². The third kappa shape index (κ3) is 8.08. The molecule has 0 aromatic heterocycles. The minimum absolute atomic E-state index is 0.00863. The Balaban J connectivity index is 2.34. The van der Waals surface area contributed by atoms with Gasteiger partial charge in [0.1, 0.15) is 17.3 Å². The quantitative estimate of drug-likeness (QED) is 0.244. The van der Waals surface area contributed by atoms with Crippen LogP contribution in [0, 0.1) is 5.82 Å². The molecule has 0 aliphatic carbocycles. The number of rotatable bonds is 11. The highest BCUT2D eigenvalue weighted by Gasteiger charge is 2.22. The molecule has 0 aliphatic rings. The van der Waals surface area contributed by atoms with Gasteiger partial charge in [0.2, 0.25) is 0 Å². The Morgan fingerprint density at radius 1 is 1.06 bits per heavy atom. The van der Waals surface area contributed by atoms with Gasteiger partial charge in [0.25, 0.3) is 5.91 Å². The highest BCUT2D eigenvalue weighted by molar-refractivity contribution is 6.07. The third-order valence-electron chi connectivity index (χ3n) is 5.59. The van der Waals surface area contributed by atoms with Crippen molar-refractivity contribution < 1.29 is 19.4 Å². The fourth-order valence-corrected chi connectivity index (χ4v) is 3.66. The first kappa shape index (κ1) is 26.2. The Bertz CT molecular complexity index is 1000. The molecule has 0 atom stereocenters. The maximum atomic E-state index is 13.2. The number of aryl methyl sites for hydroxylation is 1. The van der Waals surface area contributed by atoms with Crippen molar-refractivity contribution in [2.75, 3.05) is 5.32 Å². The molecule has 3 N–H and O–H groups in total. The molecule has 0 fully saturated rings. The third-order valence-corrected chi connectivity index (χ3v) is 5.59. The van der Waals surface area contributed by atoms with Crippen molar-refractivity contribution >= 4 is 11.6 Å². The van der Waals surface area contributed by atoms with Crippen LogP contribution in [0.5, 0.6) is 11.5 Å². The zero-order valence-electron chi connectivity index (χ0n) is 20.2. The van der Waals surface area contributed by atoms with Gasteiger partial charge >= 0.3 is 0 Å². The Kier molecular flexibility index (Phi) is 10.2. The van der Waals surface area contributed by atoms with Crippen LogP contribution in [0.3, 0.4) is 0 Å². The average molecular weight is 454 g/mol. The Morgan fingerprint density at radius 3 is 2.39 bits per heavy atom. The van der Waals surface area contributed by atoms with E-state index in [2.05, 4.69) is 32.2 Å². The van der Waals surface area contributed by atoms with Crippen LogP contribution in [0.4, 0.5) is 10.1 Å². The van der Waals surface area contributed by atoms with Crippen molar-refractivity contribution in [2.45, 2.75) is 72.6 Å². The van der Waals surface area contributed by atoms with E-state index >= 15 is 0 Å². The highest BCUT2D eigenvalue weighted by Crippen LogP contribution is 2.36. The number of aromatic hydroxyl groups is 2. The van der Waals surface area contributed by atoms with Gasteiger partial charge in [-0.15, -0.1) is 0 Å². The van der Waals surface area contributed by atoms with Crippen molar-refractivity contribution in [3.8, 4) is 11.5 Å². The summed E-state index contributed by atoms with van der Waals surface area (Å²) >= 11 is 0. The van der Waals surface area contributed by atoms with Gasteiger partial charge in [0, 0.05) is 11.3 Å². The maximum absolute atomic E-state index is 13.2. The van der Waals surface area contributed by atoms with E-state index in [9.17, 15) is 19.4 Å². The summed E-state index contributed by atoms with van der Waals surface area (Å²) < 4.78 is 13.2. The van der Waals surface area contributed by atoms with Crippen LogP contribution in [0.25, 0.3) is 0 Å². The second kappa shape index (κ2) is 12.8. The first-order valence-electron chi connectivity index (χ1n) is 11.7. The zero-order valence-corrected chi connectivity index (χ0v) is 20.2. The summed E-state index contributed by atoms with van der Waals surface area (Å²) in [5, 5.41) is 24.4. The molecule has 0 unspecified atom stereocenters. The molecule has 2 rings (SSSR count). The van der Waals surface area contributed by atoms with Crippen LogP contribution >= 0.6 is 0 Å². The number of benzene rings is 2. The number of hydrogen-bond acceptors (Lipinski definition) is 3. The molecule has 2 aromatic rings. The van der Waals surface area contributed by atoms with Gasteiger partial charge in [0.05, 0.1) is 5.56 Å². The molecule has 0 saturated carbocycles. The lowest BCUT2D eigenvalue weighted by molar-refractivity contribution is 0.102. The smallest absolute Gasteiger partial charge is 0.259 e. The molecule has 0 bridgehead atoms. The molecule has 5 heteroatoms. The van der Waals surface area contributed by atoms with E-state index < -0.39 is 11.7 Å². The molecule has 2 aromatic carbocycles. The number of anilines is 1. The number of hydrogen-bond donors (Lipinski definition) is 3. The average Bonchev–Trinajstić information content (AvgIpc) is 2.75. The number of phenols is 2. The van der Waals surface area contributed by atoms with Gasteiger partial charge < -0.3 is 15.5 Å². The van der Waals surface area contributed by atoms with Crippen LogP contribution in [-0.4, -0.2) is 16.1 Å². The summed E-state index contributed by atoms with van der Waals surface area (Å²) in [6.45, 7) is 8.24. The number of halogens is 1. The first-order chi connectivity index (χ1) is 15.7. The molecule has 1 amide bonds. The molecule has 0 saturated heterocycles. The molecule has 0 heterocycles. The van der Waals surface area contributed by atoms with Crippen molar-refractivity contribution in [1.29, 1.82) is 0 Å². The number of carbonyl (C=O) groups is 1. The van der Waals surface area contributed by atoms with E-state index in [0.717, 1.165) is 37.7 Å². The number of nitrogens with one attached hydrogen (secondary N) is 1. The predicted molar refractivity (Wildman–Crippen MR) is 133 cm³/mol. The van der Waals surface area contributed by atoms with Gasteiger partial charge in [-0.05, 0) is 88.8 Å². The Labute approximate surface area is 196 Å². The van der Waals surface area contributed by atoms with Crippen LogP contribution in [-0.2, 0) is 12.8 Å². The molecule has 4 nitrogen and oxygen atoms in total. The normalized spacial score (nSPS) is 11.4. The number of allylic oxidation sites excluding steroid dienone is 4. The summed E-state index contributed by atoms with van der Waals surface area (Å²) in [5.41, 5.74) is 3.96. The largest absolute Gasteiger partial charge is 0.508 e. The number of amides is 1. The van der Waals surface area contributed by atoms with Crippen LogP contribution in [0.1, 0.15) is 81.3 Å². The lowest BCUT2D eigenvalue weighted by Gasteiger charge is -2.16. The summed E-state index contributed by atoms with van der Waals surface area (Å²) in [5.74, 6) is -1.08. The van der Waals surface area contributed by atoms with Gasteiger partial charge in [0.15, 0.2) is 0 Å². The van der Waals surface area contributed by atoms with Gasteiger partial charge in [-0.3, -0.25) is 4.79 Å². The lowest BCUT2D eigenvalue weighted by atomic mass is 9.94. The molecular weight excluding hydrogens is 417 g/mol. The molecule has 0 radical (unpaired) electrons. The molecule has 178 valence electrons. The van der Waals surface area contributed by atoms with Gasteiger partial charge in [-0.1, -0.05) is 43.1 Å². The summed E-state index contributed by atoms with van der Waals surface area (Å²) in [4.78, 5) is 13.1. The summed E-state index contributed by atoms with van der Waals surface area (Å²) in [7, 11) is 0. The number of carbonyl (C=O) groups excluding carboxylic acids is 1. The van der Waals surface area contributed by atoms with E-state index in [1.54, 1.807) is 6.07 Å². The molecule has 0 aliphatic heterocycles. The SMILES string of the molecule is CCCCCc1cc(O)c(C/C=C(\C)CCC=C(C)C)c(O)c1C(=O)Nc1ccc(F)cc1. The monoisotopic (exact) mass is 453 g/mol. The van der Waals surface area contributed by atoms with Crippen molar-refractivity contribution in [3.63, 3.8) is 0 Å². The lowest BCUT2D eigenvalue weighted by Crippen LogP contribution is -2.15. The minimum atomic E-state index is -0.476. The molecule has 33 heavy (non-hydrogen) atoms. The van der Waals surface area contributed by atoms with Gasteiger partial charge in [-0.25, -0.2) is 4.39 Å². The number of unbranched alkanes of at least 4 members (excludes halogenated alkanes) is 2. The van der Waals surface area contributed by atoms with E-state index in [0.29, 0.717) is 29.7 Å². The zero-order chi connectivity index (χ0) is 24.4. The fraction of sp³-hybridized carbons (Fsp3) is 0.393. The second-order valence-electron chi connectivity index (χ2n) is 8.75. The summed E-state index contributed by atoms with van der Waals surface area (Å²) in [6, 6.07) is 7.07.